The molecule has 0 aliphatic heterocycles. The summed E-state index contributed by atoms with van der Waals surface area (Å²) >= 11 is 0. The lowest BCUT2D eigenvalue weighted by Gasteiger charge is -2.12. The van der Waals surface area contributed by atoms with Crippen LogP contribution in [-0.2, 0) is 0 Å². The number of hydrogen-bond donors (Lipinski definition) is 0. The summed E-state index contributed by atoms with van der Waals surface area (Å²) < 4.78 is 10.4. The molecule has 2 rings (SSSR count). The largest absolute Gasteiger partial charge is 0.481 e. The molecule has 5 heteroatoms. The Bertz CT molecular complexity index is 690. The molecule has 0 saturated heterocycles. The molecule has 0 aliphatic rings. The molecular formula is C16H17N3O2. The van der Waals surface area contributed by atoms with Crippen molar-refractivity contribution in [2.45, 2.75) is 19.8 Å². The van der Waals surface area contributed by atoms with Crippen LogP contribution >= 0.6 is 0 Å². The van der Waals surface area contributed by atoms with E-state index < -0.39 is 0 Å². The Kier molecular flexibility index (Phi) is 4.39. The molecule has 5 nitrogen and oxygen atoms in total. The van der Waals surface area contributed by atoms with E-state index in [0.29, 0.717) is 28.6 Å². The van der Waals surface area contributed by atoms with Crippen LogP contribution in [0.5, 0.6) is 11.8 Å². The van der Waals surface area contributed by atoms with Crippen molar-refractivity contribution in [2.75, 3.05) is 14.2 Å². The molecule has 2 heterocycles. The van der Waals surface area contributed by atoms with Gasteiger partial charge in [0.25, 0.3) is 0 Å². The third-order valence-corrected chi connectivity index (χ3v) is 3.12. The Morgan fingerprint density at radius 2 is 1.81 bits per heavy atom. The lowest BCUT2D eigenvalue weighted by molar-refractivity contribution is 0.366. The number of hydrogen-bond acceptors (Lipinski definition) is 5. The second-order valence-electron chi connectivity index (χ2n) is 4.81. The molecule has 108 valence electrons. The molecule has 0 N–H and O–H groups in total. The first-order valence-electron chi connectivity index (χ1n) is 6.61. The van der Waals surface area contributed by atoms with E-state index in [1.165, 1.54) is 7.11 Å². The second-order valence-corrected chi connectivity index (χ2v) is 4.81. The van der Waals surface area contributed by atoms with Gasteiger partial charge in [0.15, 0.2) is 0 Å². The predicted octanol–water partition coefficient (Wildman–Crippen LogP) is 3.16. The van der Waals surface area contributed by atoms with Gasteiger partial charge in [-0.15, -0.1) is 0 Å². The third-order valence-electron chi connectivity index (χ3n) is 3.12. The number of ether oxygens (including phenoxy) is 2. The SMILES string of the molecule is COc1ccc(-c2nc(C(C)C)ccc2C#N)c(OC)n1. The lowest BCUT2D eigenvalue weighted by Crippen LogP contribution is -2.00. The van der Waals surface area contributed by atoms with Gasteiger partial charge >= 0.3 is 0 Å². The fourth-order valence-electron chi connectivity index (χ4n) is 1.96. The first-order chi connectivity index (χ1) is 10.1. The Balaban J connectivity index is 2.65. The molecule has 0 radical (unpaired) electrons. The maximum absolute atomic E-state index is 9.30. The van der Waals surface area contributed by atoms with Gasteiger partial charge in [0.2, 0.25) is 11.8 Å². The minimum Gasteiger partial charge on any atom is -0.481 e. The van der Waals surface area contributed by atoms with Crippen molar-refractivity contribution >= 4 is 0 Å². The summed E-state index contributed by atoms with van der Waals surface area (Å²) in [6.07, 6.45) is 0. The summed E-state index contributed by atoms with van der Waals surface area (Å²) in [5.41, 5.74) is 2.67. The number of pyridine rings is 2. The topological polar surface area (TPSA) is 68.0 Å². The number of nitriles is 1. The summed E-state index contributed by atoms with van der Waals surface area (Å²) in [6.45, 7) is 4.11. The van der Waals surface area contributed by atoms with Crippen LogP contribution in [0.25, 0.3) is 11.3 Å². The van der Waals surface area contributed by atoms with Crippen LogP contribution in [0.4, 0.5) is 0 Å². The normalized spacial score (nSPS) is 10.3. The molecule has 0 bridgehead atoms. The van der Waals surface area contributed by atoms with E-state index >= 15 is 0 Å². The smallest absolute Gasteiger partial charge is 0.226 e. The van der Waals surface area contributed by atoms with E-state index in [1.807, 2.05) is 6.07 Å². The monoisotopic (exact) mass is 283 g/mol. The zero-order valence-corrected chi connectivity index (χ0v) is 12.5. The average Bonchev–Trinajstić information content (AvgIpc) is 2.53. The van der Waals surface area contributed by atoms with Crippen LogP contribution in [0.2, 0.25) is 0 Å². The molecule has 0 amide bonds. The zero-order chi connectivity index (χ0) is 15.4. The van der Waals surface area contributed by atoms with Crippen molar-refractivity contribution < 1.29 is 9.47 Å². The van der Waals surface area contributed by atoms with Gasteiger partial charge in [-0.25, -0.2) is 0 Å². The predicted molar refractivity (Wildman–Crippen MR) is 79.4 cm³/mol. The van der Waals surface area contributed by atoms with Crippen LogP contribution in [0, 0.1) is 11.3 Å². The van der Waals surface area contributed by atoms with Crippen molar-refractivity contribution in [3.63, 3.8) is 0 Å². The Hall–Kier alpha value is -2.61. The lowest BCUT2D eigenvalue weighted by atomic mass is 10.0. The highest BCUT2D eigenvalue weighted by Crippen LogP contribution is 2.32. The summed E-state index contributed by atoms with van der Waals surface area (Å²) in [7, 11) is 3.07. The van der Waals surface area contributed by atoms with Gasteiger partial charge in [-0.05, 0) is 24.1 Å². The Morgan fingerprint density at radius 1 is 1.05 bits per heavy atom. The van der Waals surface area contributed by atoms with Crippen molar-refractivity contribution in [3.8, 4) is 29.1 Å². The highest BCUT2D eigenvalue weighted by atomic mass is 16.5. The molecule has 0 unspecified atom stereocenters. The Morgan fingerprint density at radius 3 is 2.38 bits per heavy atom. The second kappa shape index (κ2) is 6.23. The molecule has 21 heavy (non-hydrogen) atoms. The first kappa shape index (κ1) is 14.8. The first-order valence-corrected chi connectivity index (χ1v) is 6.61. The number of nitrogens with zero attached hydrogens (tertiary/aromatic N) is 3. The highest BCUT2D eigenvalue weighted by molar-refractivity contribution is 5.71. The molecule has 0 fully saturated rings. The van der Waals surface area contributed by atoms with Gasteiger partial charge in [0, 0.05) is 11.8 Å². The molecule has 0 atom stereocenters. The van der Waals surface area contributed by atoms with Gasteiger partial charge in [0.05, 0.1) is 31.0 Å². The molecule has 2 aromatic heterocycles. The van der Waals surface area contributed by atoms with Gasteiger partial charge in [-0.3, -0.25) is 4.98 Å². The van der Waals surface area contributed by atoms with E-state index in [1.54, 1.807) is 25.3 Å². The van der Waals surface area contributed by atoms with Crippen LogP contribution in [-0.4, -0.2) is 24.2 Å². The molecule has 0 saturated carbocycles. The van der Waals surface area contributed by atoms with Crippen molar-refractivity contribution in [3.05, 3.63) is 35.5 Å². The minimum atomic E-state index is 0.272. The van der Waals surface area contributed by atoms with Crippen molar-refractivity contribution in [1.29, 1.82) is 5.26 Å². The average molecular weight is 283 g/mol. The molecule has 0 spiro atoms. The van der Waals surface area contributed by atoms with Gasteiger partial charge in [-0.1, -0.05) is 13.8 Å². The summed E-state index contributed by atoms with van der Waals surface area (Å²) in [6, 6.07) is 9.34. The maximum atomic E-state index is 9.30. The third kappa shape index (κ3) is 2.95. The number of aromatic nitrogens is 2. The van der Waals surface area contributed by atoms with Crippen molar-refractivity contribution in [2.24, 2.45) is 0 Å². The molecule has 0 aliphatic carbocycles. The summed E-state index contributed by atoms with van der Waals surface area (Å²) in [5.74, 6) is 1.11. The van der Waals surface area contributed by atoms with Crippen LogP contribution < -0.4 is 9.47 Å². The molecule has 0 aromatic carbocycles. The highest BCUT2D eigenvalue weighted by Gasteiger charge is 2.16. The van der Waals surface area contributed by atoms with Gasteiger partial charge in [-0.2, -0.15) is 10.2 Å². The van der Waals surface area contributed by atoms with E-state index in [9.17, 15) is 5.26 Å². The van der Waals surface area contributed by atoms with Gasteiger partial charge in [0.1, 0.15) is 6.07 Å². The molecule has 2 aromatic rings. The van der Waals surface area contributed by atoms with Gasteiger partial charge < -0.3 is 9.47 Å². The summed E-state index contributed by atoms with van der Waals surface area (Å²) in [4.78, 5) is 8.84. The van der Waals surface area contributed by atoms with Crippen LogP contribution in [0.1, 0.15) is 31.0 Å². The Labute approximate surface area is 124 Å². The number of methoxy groups -OCH3 is 2. The summed E-state index contributed by atoms with van der Waals surface area (Å²) in [5, 5.41) is 9.30. The minimum absolute atomic E-state index is 0.272. The van der Waals surface area contributed by atoms with Crippen molar-refractivity contribution in [1.82, 2.24) is 9.97 Å². The fourth-order valence-corrected chi connectivity index (χ4v) is 1.96. The van der Waals surface area contributed by atoms with E-state index in [-0.39, 0.29) is 5.92 Å². The standard InChI is InChI=1S/C16H17N3O2/c1-10(2)13-7-5-11(9-17)15(18-13)12-6-8-14(20-3)19-16(12)21-4/h5-8,10H,1-4H3. The molecular weight excluding hydrogens is 266 g/mol. The van der Waals surface area contributed by atoms with E-state index in [4.69, 9.17) is 9.47 Å². The van der Waals surface area contributed by atoms with E-state index in [2.05, 4.69) is 29.9 Å². The zero-order valence-electron chi connectivity index (χ0n) is 12.5. The van der Waals surface area contributed by atoms with Crippen LogP contribution in [0.3, 0.4) is 0 Å². The quantitative estimate of drug-likeness (QED) is 0.862. The van der Waals surface area contributed by atoms with Crippen LogP contribution in [0.15, 0.2) is 24.3 Å². The number of rotatable bonds is 4. The fraction of sp³-hybridized carbons (Fsp3) is 0.312. The maximum Gasteiger partial charge on any atom is 0.226 e. The van der Waals surface area contributed by atoms with E-state index in [0.717, 1.165) is 5.69 Å².